The van der Waals surface area contributed by atoms with Gasteiger partial charge in [-0.25, -0.2) is 14.0 Å². The molecule has 0 saturated carbocycles. The molecule has 2 aliphatic rings. The number of likely N-dealkylation sites (tertiary alicyclic amines) is 2. The molecule has 2 amide bonds. The summed E-state index contributed by atoms with van der Waals surface area (Å²) in [4.78, 5) is 29.0. The molecule has 2 fully saturated rings. The molecule has 0 aliphatic carbocycles. The van der Waals surface area contributed by atoms with Crippen LogP contribution in [0.4, 0.5) is 19.7 Å². The van der Waals surface area contributed by atoms with Crippen molar-refractivity contribution in [3.05, 3.63) is 65.5 Å². The number of hydrogen-bond donors (Lipinski definition) is 1. The van der Waals surface area contributed by atoms with Crippen LogP contribution in [0.2, 0.25) is 0 Å². The van der Waals surface area contributed by atoms with Crippen LogP contribution in [0.3, 0.4) is 0 Å². The molecule has 0 atom stereocenters. The minimum Gasteiger partial charge on any atom is -0.444 e. The van der Waals surface area contributed by atoms with Crippen LogP contribution in [0.15, 0.2) is 48.5 Å². The summed E-state index contributed by atoms with van der Waals surface area (Å²) in [6.07, 6.45) is 2.82. The summed E-state index contributed by atoms with van der Waals surface area (Å²) in [5, 5.41) is 2.63. The Balaban J connectivity index is 1.25. The van der Waals surface area contributed by atoms with Gasteiger partial charge in [-0.05, 0) is 108 Å². The van der Waals surface area contributed by atoms with Crippen LogP contribution in [0.1, 0.15) is 77.3 Å². The van der Waals surface area contributed by atoms with Crippen LogP contribution in [0.5, 0.6) is 0 Å². The molecule has 218 valence electrons. The molecular formula is C32H44FN3O4. The van der Waals surface area contributed by atoms with E-state index in [-0.39, 0.29) is 30.0 Å². The molecule has 0 aromatic heterocycles. The second kappa shape index (κ2) is 12.6. The van der Waals surface area contributed by atoms with Crippen molar-refractivity contribution in [1.82, 2.24) is 9.80 Å². The molecule has 0 bridgehead atoms. The number of rotatable bonds is 6. The van der Waals surface area contributed by atoms with Gasteiger partial charge in [-0.15, -0.1) is 0 Å². The number of hydrogen-bond acceptors (Lipinski definition) is 5. The number of benzene rings is 2. The molecule has 2 aromatic carbocycles. The van der Waals surface area contributed by atoms with Gasteiger partial charge in [-0.2, -0.15) is 0 Å². The van der Waals surface area contributed by atoms with Crippen LogP contribution < -0.4 is 5.32 Å². The van der Waals surface area contributed by atoms with E-state index >= 15 is 4.39 Å². The first-order valence-corrected chi connectivity index (χ1v) is 14.4. The zero-order valence-electron chi connectivity index (χ0n) is 24.5. The maximum absolute atomic E-state index is 15.1. The van der Waals surface area contributed by atoms with Crippen molar-refractivity contribution in [3.8, 4) is 0 Å². The van der Waals surface area contributed by atoms with Crippen LogP contribution in [0.25, 0.3) is 0 Å². The minimum absolute atomic E-state index is 0.00255. The van der Waals surface area contributed by atoms with E-state index < -0.39 is 11.7 Å². The van der Waals surface area contributed by atoms with Crippen molar-refractivity contribution in [1.29, 1.82) is 0 Å². The molecule has 2 heterocycles. The highest BCUT2D eigenvalue weighted by Gasteiger charge is 2.40. The van der Waals surface area contributed by atoms with Gasteiger partial charge in [0.1, 0.15) is 18.0 Å². The lowest BCUT2D eigenvalue weighted by atomic mass is 9.77. The van der Waals surface area contributed by atoms with E-state index in [1.165, 1.54) is 6.07 Å². The summed E-state index contributed by atoms with van der Waals surface area (Å²) in [5.41, 5.74) is 1.49. The van der Waals surface area contributed by atoms with E-state index in [0.717, 1.165) is 44.3 Å². The zero-order chi connectivity index (χ0) is 28.9. The first-order valence-electron chi connectivity index (χ1n) is 14.4. The molecule has 2 saturated heterocycles. The Morgan fingerprint density at radius 2 is 1.57 bits per heavy atom. The minimum atomic E-state index is -0.608. The topological polar surface area (TPSA) is 71.1 Å². The predicted molar refractivity (Wildman–Crippen MR) is 155 cm³/mol. The van der Waals surface area contributed by atoms with E-state index in [9.17, 15) is 9.59 Å². The quantitative estimate of drug-likeness (QED) is 0.410. The van der Waals surface area contributed by atoms with E-state index in [1.54, 1.807) is 12.1 Å². The van der Waals surface area contributed by atoms with Crippen molar-refractivity contribution in [2.24, 2.45) is 5.92 Å². The lowest BCUT2D eigenvalue weighted by Gasteiger charge is -2.49. The van der Waals surface area contributed by atoms with E-state index in [1.807, 2.05) is 56.0 Å². The highest BCUT2D eigenvalue weighted by molar-refractivity contribution is 5.84. The average molecular weight is 554 g/mol. The molecule has 0 radical (unpaired) electrons. The number of ether oxygens (including phenoxy) is 2. The Morgan fingerprint density at radius 3 is 2.17 bits per heavy atom. The Morgan fingerprint density at radius 1 is 0.925 bits per heavy atom. The summed E-state index contributed by atoms with van der Waals surface area (Å²) in [5.74, 6) is 0.319. The smallest absolute Gasteiger partial charge is 0.411 e. The largest absolute Gasteiger partial charge is 0.444 e. The maximum Gasteiger partial charge on any atom is 0.411 e. The van der Waals surface area contributed by atoms with Crippen molar-refractivity contribution in [2.75, 3.05) is 31.5 Å². The number of piperidine rings is 2. The number of anilines is 1. The molecule has 2 aliphatic heterocycles. The van der Waals surface area contributed by atoms with Crippen molar-refractivity contribution in [3.63, 3.8) is 0 Å². The highest BCUT2D eigenvalue weighted by Crippen LogP contribution is 2.38. The monoisotopic (exact) mass is 553 g/mol. The van der Waals surface area contributed by atoms with Gasteiger partial charge in [0.2, 0.25) is 0 Å². The number of amides is 2. The Kier molecular flexibility index (Phi) is 9.39. The molecule has 0 unspecified atom stereocenters. The van der Waals surface area contributed by atoms with Gasteiger partial charge in [0.05, 0.1) is 0 Å². The second-order valence-corrected chi connectivity index (χ2v) is 12.6. The summed E-state index contributed by atoms with van der Waals surface area (Å²) in [6.45, 7) is 13.7. The van der Waals surface area contributed by atoms with E-state index in [0.29, 0.717) is 30.3 Å². The van der Waals surface area contributed by atoms with E-state index in [4.69, 9.17) is 9.47 Å². The Hall–Kier alpha value is -3.13. The third kappa shape index (κ3) is 7.74. The molecule has 40 heavy (non-hydrogen) atoms. The van der Waals surface area contributed by atoms with Crippen LogP contribution in [-0.2, 0) is 16.1 Å². The fraction of sp³-hybridized carbons (Fsp3) is 0.562. The van der Waals surface area contributed by atoms with Crippen LogP contribution in [-0.4, -0.2) is 59.3 Å². The normalized spacial score (nSPS) is 17.9. The number of nitrogens with one attached hydrogen (secondary N) is 1. The van der Waals surface area contributed by atoms with Gasteiger partial charge in [-0.1, -0.05) is 36.4 Å². The van der Waals surface area contributed by atoms with Crippen molar-refractivity contribution < 1.29 is 23.5 Å². The molecule has 2 aromatic rings. The SMILES string of the molecule is CC(C)(C)OC(=O)N1CCC(C(C)(C)N2CCC(c3ccc(NC(=O)OCc4ccccc4)cc3F)CC2)CC1. The molecule has 1 N–H and O–H groups in total. The van der Waals surface area contributed by atoms with E-state index in [2.05, 4.69) is 24.1 Å². The van der Waals surface area contributed by atoms with Crippen molar-refractivity contribution in [2.45, 2.75) is 84.0 Å². The first-order chi connectivity index (χ1) is 18.9. The van der Waals surface area contributed by atoms with Crippen molar-refractivity contribution >= 4 is 17.9 Å². The van der Waals surface area contributed by atoms with Gasteiger partial charge >= 0.3 is 12.2 Å². The zero-order valence-corrected chi connectivity index (χ0v) is 24.5. The Bertz CT molecular complexity index is 1150. The average Bonchev–Trinajstić information content (AvgIpc) is 2.92. The lowest BCUT2D eigenvalue weighted by molar-refractivity contribution is -0.00683. The second-order valence-electron chi connectivity index (χ2n) is 12.6. The summed E-state index contributed by atoms with van der Waals surface area (Å²) < 4.78 is 25.9. The van der Waals surface area contributed by atoms with Gasteiger partial charge in [0.25, 0.3) is 0 Å². The van der Waals surface area contributed by atoms with Gasteiger partial charge in [0.15, 0.2) is 0 Å². The number of nitrogens with zero attached hydrogens (tertiary/aromatic N) is 2. The third-order valence-corrected chi connectivity index (χ3v) is 8.36. The fourth-order valence-electron chi connectivity index (χ4n) is 5.93. The first kappa shape index (κ1) is 29.8. The summed E-state index contributed by atoms with van der Waals surface area (Å²) >= 11 is 0. The van der Waals surface area contributed by atoms with Gasteiger partial charge in [-0.3, -0.25) is 10.2 Å². The van der Waals surface area contributed by atoms with Crippen LogP contribution >= 0.6 is 0 Å². The fourth-order valence-corrected chi connectivity index (χ4v) is 5.93. The van der Waals surface area contributed by atoms with Gasteiger partial charge < -0.3 is 14.4 Å². The summed E-state index contributed by atoms with van der Waals surface area (Å²) in [7, 11) is 0. The number of carbonyl (C=O) groups is 2. The molecule has 4 rings (SSSR count). The molecule has 0 spiro atoms. The van der Waals surface area contributed by atoms with Gasteiger partial charge in [0, 0.05) is 24.3 Å². The standard InChI is InChI=1S/C32H44FN3O4/c1-31(2,3)40-30(38)35-17-15-25(16-18-35)32(4,5)36-19-13-24(14-20-36)27-12-11-26(21-28(27)33)34-29(37)39-22-23-9-7-6-8-10-23/h6-12,21,24-25H,13-20,22H2,1-5H3,(H,34,37). The molecule has 7 nitrogen and oxygen atoms in total. The lowest BCUT2D eigenvalue weighted by Crippen LogP contribution is -2.55. The van der Waals surface area contributed by atoms with Crippen LogP contribution in [0, 0.1) is 11.7 Å². The third-order valence-electron chi connectivity index (χ3n) is 8.36. The predicted octanol–water partition coefficient (Wildman–Crippen LogP) is 7.18. The molecule has 8 heteroatoms. The highest BCUT2D eigenvalue weighted by atomic mass is 19.1. The number of carbonyl (C=O) groups excluding carboxylic acids is 2. The maximum atomic E-state index is 15.1. The molecular weight excluding hydrogens is 509 g/mol. The number of halogens is 1. The Labute approximate surface area is 238 Å². The summed E-state index contributed by atoms with van der Waals surface area (Å²) in [6, 6.07) is 14.3.